The summed E-state index contributed by atoms with van der Waals surface area (Å²) in [5, 5.41) is 3.43. The second-order valence-electron chi connectivity index (χ2n) is 4.46. The minimum atomic E-state index is -0.0377. The van der Waals surface area contributed by atoms with Gasteiger partial charge in [0.15, 0.2) is 5.13 Å². The Morgan fingerprint density at radius 3 is 2.67 bits per heavy atom. The molecular weight excluding hydrogens is 286 g/mol. The van der Waals surface area contributed by atoms with Gasteiger partial charge in [-0.15, -0.1) is 11.3 Å². The summed E-state index contributed by atoms with van der Waals surface area (Å²) in [7, 11) is 1.64. The highest BCUT2D eigenvalue weighted by molar-refractivity contribution is 7.16. The molecule has 0 fully saturated rings. The quantitative estimate of drug-likeness (QED) is 0.860. The first-order valence-electron chi connectivity index (χ1n) is 6.82. The lowest BCUT2D eigenvalue weighted by molar-refractivity contribution is -0.115. The number of nitrogens with one attached hydrogen (secondary N) is 1. The molecule has 3 N–H and O–H groups in total. The van der Waals surface area contributed by atoms with Crippen LogP contribution in [0.3, 0.4) is 0 Å². The molecule has 0 bridgehead atoms. The summed E-state index contributed by atoms with van der Waals surface area (Å²) in [4.78, 5) is 17.1. The van der Waals surface area contributed by atoms with E-state index in [4.69, 9.17) is 10.5 Å². The molecule has 0 saturated carbocycles. The molecule has 6 heteroatoms. The van der Waals surface area contributed by atoms with E-state index in [1.807, 2.05) is 31.2 Å². The van der Waals surface area contributed by atoms with Gasteiger partial charge in [-0.2, -0.15) is 0 Å². The van der Waals surface area contributed by atoms with Crippen molar-refractivity contribution in [1.29, 1.82) is 0 Å². The van der Waals surface area contributed by atoms with Crippen molar-refractivity contribution in [1.82, 2.24) is 4.98 Å². The molecule has 0 spiro atoms. The highest BCUT2D eigenvalue weighted by atomic mass is 32.1. The third-order valence-corrected chi connectivity index (χ3v) is 4.03. The summed E-state index contributed by atoms with van der Waals surface area (Å²) in [6.45, 7) is 2.36. The topological polar surface area (TPSA) is 77.2 Å². The molecule has 1 amide bonds. The lowest BCUT2D eigenvalue weighted by atomic mass is 10.1. The summed E-state index contributed by atoms with van der Waals surface area (Å²) in [6, 6.07) is 7.70. The number of hydrogen-bond donors (Lipinski definition) is 2. The van der Waals surface area contributed by atoms with Gasteiger partial charge in [-0.05, 0) is 37.2 Å². The lowest BCUT2D eigenvalue weighted by Crippen LogP contribution is -2.08. The molecule has 0 atom stereocenters. The fraction of sp³-hybridized carbons (Fsp3) is 0.333. The lowest BCUT2D eigenvalue weighted by Gasteiger charge is -2.03. The van der Waals surface area contributed by atoms with Gasteiger partial charge in [0.2, 0.25) is 5.91 Å². The summed E-state index contributed by atoms with van der Waals surface area (Å²) in [6.07, 6.45) is 1.17. The Hall–Kier alpha value is -1.92. The first-order valence-corrected chi connectivity index (χ1v) is 7.63. The van der Waals surface area contributed by atoms with Crippen molar-refractivity contribution in [2.24, 2.45) is 5.73 Å². The average molecular weight is 305 g/mol. The standard InChI is InChI=1S/C15H19N3O2S/c1-3-13(19)17-15-18-14(12(21-15)8-9-16)10-4-6-11(20-2)7-5-10/h4-7H,3,8-9,16H2,1-2H3,(H,17,18,19). The van der Waals surface area contributed by atoms with E-state index in [-0.39, 0.29) is 5.91 Å². The summed E-state index contributed by atoms with van der Waals surface area (Å²) in [5.74, 6) is 0.762. The van der Waals surface area contributed by atoms with E-state index in [2.05, 4.69) is 10.3 Å². The minimum Gasteiger partial charge on any atom is -0.497 e. The van der Waals surface area contributed by atoms with Gasteiger partial charge in [0.05, 0.1) is 12.8 Å². The second-order valence-corrected chi connectivity index (χ2v) is 5.54. The zero-order valence-corrected chi connectivity index (χ0v) is 13.0. The predicted octanol–water partition coefficient (Wildman–Crippen LogP) is 2.67. The van der Waals surface area contributed by atoms with E-state index in [0.717, 1.165) is 28.3 Å². The molecule has 1 heterocycles. The molecule has 2 aromatic rings. The molecule has 0 aliphatic rings. The first kappa shape index (κ1) is 15.5. The number of nitrogens with zero attached hydrogens (tertiary/aromatic N) is 1. The number of aromatic nitrogens is 1. The number of carbonyl (C=O) groups is 1. The fourth-order valence-corrected chi connectivity index (χ4v) is 2.90. The van der Waals surface area contributed by atoms with E-state index in [0.29, 0.717) is 18.1 Å². The number of amides is 1. The summed E-state index contributed by atoms with van der Waals surface area (Å²) in [5.41, 5.74) is 7.53. The zero-order chi connectivity index (χ0) is 15.2. The number of ether oxygens (including phenoxy) is 1. The van der Waals surface area contributed by atoms with Crippen molar-refractivity contribution in [2.75, 3.05) is 19.0 Å². The van der Waals surface area contributed by atoms with Gasteiger partial charge in [0.25, 0.3) is 0 Å². The largest absolute Gasteiger partial charge is 0.497 e. The highest BCUT2D eigenvalue weighted by Gasteiger charge is 2.14. The Bertz CT molecular complexity index is 608. The molecule has 112 valence electrons. The third kappa shape index (κ3) is 3.80. The second kappa shape index (κ2) is 7.19. The maximum absolute atomic E-state index is 11.5. The van der Waals surface area contributed by atoms with Gasteiger partial charge >= 0.3 is 0 Å². The van der Waals surface area contributed by atoms with Crippen molar-refractivity contribution < 1.29 is 9.53 Å². The normalized spacial score (nSPS) is 10.4. The molecule has 0 saturated heterocycles. The monoisotopic (exact) mass is 305 g/mol. The van der Waals surface area contributed by atoms with E-state index in [9.17, 15) is 4.79 Å². The van der Waals surface area contributed by atoms with Crippen LogP contribution in [0.2, 0.25) is 0 Å². The maximum Gasteiger partial charge on any atom is 0.225 e. The fourth-order valence-electron chi connectivity index (χ4n) is 1.89. The molecule has 5 nitrogen and oxygen atoms in total. The van der Waals surface area contributed by atoms with Gasteiger partial charge in [-0.3, -0.25) is 4.79 Å². The van der Waals surface area contributed by atoms with Crippen LogP contribution in [0, 0.1) is 0 Å². The first-order chi connectivity index (χ1) is 10.2. The van der Waals surface area contributed by atoms with Crippen molar-refractivity contribution in [3.05, 3.63) is 29.1 Å². The van der Waals surface area contributed by atoms with Gasteiger partial charge in [-0.25, -0.2) is 4.98 Å². The number of benzene rings is 1. The molecule has 1 aromatic carbocycles. The van der Waals surface area contributed by atoms with Gasteiger partial charge in [-0.1, -0.05) is 6.92 Å². The number of rotatable bonds is 6. The van der Waals surface area contributed by atoms with Crippen LogP contribution in [0.1, 0.15) is 18.2 Å². The van der Waals surface area contributed by atoms with Crippen LogP contribution < -0.4 is 15.8 Å². The number of hydrogen-bond acceptors (Lipinski definition) is 5. The highest BCUT2D eigenvalue weighted by Crippen LogP contribution is 2.32. The zero-order valence-electron chi connectivity index (χ0n) is 12.2. The van der Waals surface area contributed by atoms with Crippen LogP contribution in [0.5, 0.6) is 5.75 Å². The third-order valence-electron chi connectivity index (χ3n) is 3.00. The van der Waals surface area contributed by atoms with Gasteiger partial charge in [0, 0.05) is 16.9 Å². The smallest absolute Gasteiger partial charge is 0.225 e. The van der Waals surface area contributed by atoms with E-state index < -0.39 is 0 Å². The Morgan fingerprint density at radius 2 is 2.10 bits per heavy atom. The van der Waals surface area contributed by atoms with Crippen molar-refractivity contribution >= 4 is 22.4 Å². The SMILES string of the molecule is CCC(=O)Nc1nc(-c2ccc(OC)cc2)c(CCN)s1. The Kier molecular flexibility index (Phi) is 5.30. The number of carbonyl (C=O) groups excluding carboxylic acids is 1. The van der Waals surface area contributed by atoms with E-state index in [1.54, 1.807) is 7.11 Å². The maximum atomic E-state index is 11.5. The number of thiazole rings is 1. The summed E-state index contributed by atoms with van der Waals surface area (Å²) < 4.78 is 5.16. The Labute approximate surface area is 128 Å². The predicted molar refractivity (Wildman–Crippen MR) is 85.8 cm³/mol. The molecular formula is C15H19N3O2S. The van der Waals surface area contributed by atoms with Crippen molar-refractivity contribution in [3.8, 4) is 17.0 Å². The van der Waals surface area contributed by atoms with Crippen molar-refractivity contribution in [2.45, 2.75) is 19.8 Å². The van der Waals surface area contributed by atoms with E-state index in [1.165, 1.54) is 11.3 Å². The molecule has 0 aliphatic heterocycles. The summed E-state index contributed by atoms with van der Waals surface area (Å²) >= 11 is 1.48. The number of methoxy groups -OCH3 is 1. The van der Waals surface area contributed by atoms with Crippen LogP contribution in [-0.2, 0) is 11.2 Å². The molecule has 1 aromatic heterocycles. The van der Waals surface area contributed by atoms with Crippen LogP contribution >= 0.6 is 11.3 Å². The van der Waals surface area contributed by atoms with Crippen LogP contribution in [0.25, 0.3) is 11.3 Å². The van der Waals surface area contributed by atoms with Crippen LogP contribution in [0.15, 0.2) is 24.3 Å². The van der Waals surface area contributed by atoms with Crippen LogP contribution in [0.4, 0.5) is 5.13 Å². The molecule has 0 unspecified atom stereocenters. The Balaban J connectivity index is 2.32. The number of anilines is 1. The van der Waals surface area contributed by atoms with Gasteiger partial charge < -0.3 is 15.8 Å². The Morgan fingerprint density at radius 1 is 1.38 bits per heavy atom. The van der Waals surface area contributed by atoms with Crippen LogP contribution in [-0.4, -0.2) is 24.5 Å². The number of nitrogens with two attached hydrogens (primary N) is 1. The molecule has 2 rings (SSSR count). The average Bonchev–Trinajstić information content (AvgIpc) is 2.90. The van der Waals surface area contributed by atoms with Gasteiger partial charge in [0.1, 0.15) is 5.75 Å². The molecule has 21 heavy (non-hydrogen) atoms. The van der Waals surface area contributed by atoms with Crippen molar-refractivity contribution in [3.63, 3.8) is 0 Å². The van der Waals surface area contributed by atoms with E-state index >= 15 is 0 Å². The molecule has 0 radical (unpaired) electrons. The minimum absolute atomic E-state index is 0.0377. The molecule has 0 aliphatic carbocycles.